The molecular weight excluding hydrogens is 222 g/mol. The summed E-state index contributed by atoms with van der Waals surface area (Å²) in [4.78, 5) is 0. The molecule has 0 unspecified atom stereocenters. The molecule has 0 aromatic heterocycles. The van der Waals surface area contributed by atoms with Crippen LogP contribution in [0.5, 0.6) is 5.75 Å². The van der Waals surface area contributed by atoms with Gasteiger partial charge in [0.2, 0.25) is 0 Å². The monoisotopic (exact) mass is 241 g/mol. The quantitative estimate of drug-likeness (QED) is 0.844. The largest absolute Gasteiger partial charge is 0.493 e. The molecule has 0 saturated heterocycles. The minimum absolute atomic E-state index is 0.705. The molecule has 2 rings (SSSR count). The molecule has 2 heteroatoms. The molecule has 0 heterocycles. The van der Waals surface area contributed by atoms with Gasteiger partial charge in [0, 0.05) is 6.42 Å². The van der Waals surface area contributed by atoms with Gasteiger partial charge in [0.15, 0.2) is 0 Å². The van der Waals surface area contributed by atoms with E-state index in [4.69, 9.17) is 10.5 Å². The maximum Gasteiger partial charge on any atom is 0.119 e. The Kier molecular flexibility index (Phi) is 4.79. The molecule has 0 saturated carbocycles. The highest BCUT2D eigenvalue weighted by Gasteiger charge is 1.96. The first-order valence-corrected chi connectivity index (χ1v) is 6.34. The van der Waals surface area contributed by atoms with Crippen LogP contribution in [0, 0.1) is 0 Å². The minimum atomic E-state index is 0.705. The number of benzene rings is 2. The van der Waals surface area contributed by atoms with Gasteiger partial charge in [-0.05, 0) is 36.2 Å². The van der Waals surface area contributed by atoms with Gasteiger partial charge in [-0.3, -0.25) is 0 Å². The van der Waals surface area contributed by atoms with Crippen LogP contribution in [0.3, 0.4) is 0 Å². The minimum Gasteiger partial charge on any atom is -0.493 e. The molecule has 0 radical (unpaired) electrons. The summed E-state index contributed by atoms with van der Waals surface area (Å²) < 4.78 is 5.67. The van der Waals surface area contributed by atoms with E-state index in [1.807, 2.05) is 30.3 Å². The zero-order chi connectivity index (χ0) is 12.6. The molecule has 0 bridgehead atoms. The fourth-order valence-electron chi connectivity index (χ4n) is 1.84. The summed E-state index contributed by atoms with van der Waals surface area (Å²) in [7, 11) is 0. The number of nitrogens with two attached hydrogens (primary N) is 1. The van der Waals surface area contributed by atoms with Gasteiger partial charge in [-0.2, -0.15) is 0 Å². The summed E-state index contributed by atoms with van der Waals surface area (Å²) >= 11 is 0. The van der Waals surface area contributed by atoms with E-state index in [1.165, 1.54) is 11.1 Å². The molecule has 94 valence electrons. The highest BCUT2D eigenvalue weighted by molar-refractivity contribution is 5.24. The first kappa shape index (κ1) is 12.7. The molecule has 2 nitrogen and oxygen atoms in total. The average Bonchev–Trinajstić information content (AvgIpc) is 2.42. The number of hydrogen-bond acceptors (Lipinski definition) is 2. The van der Waals surface area contributed by atoms with Gasteiger partial charge >= 0.3 is 0 Å². The van der Waals surface area contributed by atoms with Crippen LogP contribution in [0.4, 0.5) is 0 Å². The lowest BCUT2D eigenvalue weighted by Crippen LogP contribution is -2.03. The van der Waals surface area contributed by atoms with Crippen LogP contribution in [-0.4, -0.2) is 13.2 Å². The molecule has 0 aliphatic carbocycles. The Labute approximate surface area is 108 Å². The van der Waals surface area contributed by atoms with Gasteiger partial charge in [-0.25, -0.2) is 0 Å². The van der Waals surface area contributed by atoms with E-state index in [0.717, 1.165) is 18.6 Å². The van der Waals surface area contributed by atoms with Crippen LogP contribution in [0.15, 0.2) is 54.6 Å². The maximum atomic E-state index is 5.67. The van der Waals surface area contributed by atoms with Crippen LogP contribution < -0.4 is 10.5 Å². The Balaban J connectivity index is 1.80. The lowest BCUT2D eigenvalue weighted by atomic mass is 10.1. The third kappa shape index (κ3) is 3.90. The van der Waals surface area contributed by atoms with Gasteiger partial charge in [-0.1, -0.05) is 42.5 Å². The summed E-state index contributed by atoms with van der Waals surface area (Å²) in [5, 5.41) is 0. The van der Waals surface area contributed by atoms with Crippen molar-refractivity contribution in [1.29, 1.82) is 0 Å². The smallest absolute Gasteiger partial charge is 0.119 e. The summed E-state index contributed by atoms with van der Waals surface area (Å²) in [5.74, 6) is 0.928. The second kappa shape index (κ2) is 6.82. The summed E-state index contributed by atoms with van der Waals surface area (Å²) in [6.45, 7) is 1.41. The normalized spacial score (nSPS) is 10.3. The van der Waals surface area contributed by atoms with Crippen molar-refractivity contribution in [1.82, 2.24) is 0 Å². The molecular formula is C16H19NO. The van der Waals surface area contributed by atoms with Crippen molar-refractivity contribution in [3.8, 4) is 5.75 Å². The summed E-state index contributed by atoms with van der Waals surface area (Å²) in [5.41, 5.74) is 8.12. The molecule has 2 N–H and O–H groups in total. The van der Waals surface area contributed by atoms with E-state index in [-0.39, 0.29) is 0 Å². The van der Waals surface area contributed by atoms with E-state index < -0.39 is 0 Å². The maximum absolute atomic E-state index is 5.67. The van der Waals surface area contributed by atoms with E-state index in [2.05, 4.69) is 24.3 Å². The number of hydrogen-bond donors (Lipinski definition) is 1. The van der Waals surface area contributed by atoms with Crippen molar-refractivity contribution in [3.05, 3.63) is 65.7 Å². The topological polar surface area (TPSA) is 35.2 Å². The fourth-order valence-corrected chi connectivity index (χ4v) is 1.84. The summed E-state index contributed by atoms with van der Waals surface area (Å²) in [6, 6.07) is 18.5. The molecule has 0 amide bonds. The van der Waals surface area contributed by atoms with Gasteiger partial charge in [0.25, 0.3) is 0 Å². The first-order chi connectivity index (χ1) is 8.88. The second-order valence-electron chi connectivity index (χ2n) is 4.27. The first-order valence-electron chi connectivity index (χ1n) is 6.34. The van der Waals surface area contributed by atoms with Crippen LogP contribution in [0.25, 0.3) is 0 Å². The van der Waals surface area contributed by atoms with Crippen molar-refractivity contribution in [2.45, 2.75) is 12.8 Å². The van der Waals surface area contributed by atoms with Crippen molar-refractivity contribution in [2.75, 3.05) is 13.2 Å². The van der Waals surface area contributed by atoms with Crippen LogP contribution in [-0.2, 0) is 12.8 Å². The van der Waals surface area contributed by atoms with E-state index in [0.29, 0.717) is 13.2 Å². The van der Waals surface area contributed by atoms with Crippen molar-refractivity contribution < 1.29 is 4.74 Å². The molecule has 18 heavy (non-hydrogen) atoms. The van der Waals surface area contributed by atoms with Crippen molar-refractivity contribution in [3.63, 3.8) is 0 Å². The van der Waals surface area contributed by atoms with Crippen LogP contribution >= 0.6 is 0 Å². The van der Waals surface area contributed by atoms with Gasteiger partial charge < -0.3 is 10.5 Å². The predicted octanol–water partition coefficient (Wildman–Crippen LogP) is 2.81. The van der Waals surface area contributed by atoms with E-state index >= 15 is 0 Å². The highest BCUT2D eigenvalue weighted by atomic mass is 16.5. The molecule has 0 fully saturated rings. The SMILES string of the molecule is NCCc1ccc(CCOc2ccccc2)cc1. The molecule has 0 spiro atoms. The standard InChI is InChI=1S/C16H19NO/c17-12-10-14-6-8-15(9-7-14)11-13-18-16-4-2-1-3-5-16/h1-9H,10-13,17H2. The lowest BCUT2D eigenvalue weighted by Gasteiger charge is -2.06. The Morgan fingerprint density at radius 1 is 0.778 bits per heavy atom. The Morgan fingerprint density at radius 3 is 2.00 bits per heavy atom. The number of ether oxygens (including phenoxy) is 1. The van der Waals surface area contributed by atoms with E-state index in [9.17, 15) is 0 Å². The van der Waals surface area contributed by atoms with Crippen LogP contribution in [0.2, 0.25) is 0 Å². The molecule has 2 aromatic carbocycles. The predicted molar refractivity (Wildman–Crippen MR) is 74.8 cm³/mol. The molecule has 0 aliphatic rings. The number of rotatable bonds is 6. The van der Waals surface area contributed by atoms with Crippen molar-refractivity contribution >= 4 is 0 Å². The molecule has 0 aliphatic heterocycles. The third-order valence-electron chi connectivity index (χ3n) is 2.86. The number of para-hydroxylation sites is 1. The fraction of sp³-hybridized carbons (Fsp3) is 0.250. The van der Waals surface area contributed by atoms with E-state index in [1.54, 1.807) is 0 Å². The van der Waals surface area contributed by atoms with Gasteiger partial charge in [0.05, 0.1) is 6.61 Å². The van der Waals surface area contributed by atoms with Crippen LogP contribution in [0.1, 0.15) is 11.1 Å². The lowest BCUT2D eigenvalue weighted by molar-refractivity contribution is 0.322. The Morgan fingerprint density at radius 2 is 1.39 bits per heavy atom. The third-order valence-corrected chi connectivity index (χ3v) is 2.86. The molecule has 0 atom stereocenters. The Bertz CT molecular complexity index is 450. The zero-order valence-electron chi connectivity index (χ0n) is 10.5. The Hall–Kier alpha value is -1.80. The zero-order valence-corrected chi connectivity index (χ0v) is 10.5. The average molecular weight is 241 g/mol. The molecule has 2 aromatic rings. The van der Waals surface area contributed by atoms with Crippen molar-refractivity contribution in [2.24, 2.45) is 5.73 Å². The highest BCUT2D eigenvalue weighted by Crippen LogP contribution is 2.10. The van der Waals surface area contributed by atoms with Gasteiger partial charge in [0.1, 0.15) is 5.75 Å². The summed E-state index contributed by atoms with van der Waals surface area (Å²) in [6.07, 6.45) is 1.87. The van der Waals surface area contributed by atoms with Gasteiger partial charge in [-0.15, -0.1) is 0 Å². The second-order valence-corrected chi connectivity index (χ2v) is 4.27.